The minimum absolute atomic E-state index is 1.08. The summed E-state index contributed by atoms with van der Waals surface area (Å²) < 4.78 is 3.10. The van der Waals surface area contributed by atoms with E-state index < -0.39 is 0 Å². The van der Waals surface area contributed by atoms with Gasteiger partial charge in [0.2, 0.25) is 0 Å². The Morgan fingerprint density at radius 3 is 2.67 bits per heavy atom. The van der Waals surface area contributed by atoms with Crippen LogP contribution in [-0.2, 0) is 5.75 Å². The first-order chi connectivity index (χ1) is 5.93. The van der Waals surface area contributed by atoms with Gasteiger partial charge in [-0.25, -0.2) is 0 Å². The lowest BCUT2D eigenvalue weighted by Crippen LogP contribution is -2.02. The second kappa shape index (κ2) is 6.74. The predicted octanol–water partition coefficient (Wildman–Crippen LogP) is 2.86. The van der Waals surface area contributed by atoms with Crippen LogP contribution < -0.4 is 3.53 Å². The first kappa shape index (κ1) is 10.3. The number of halogens is 1. The Labute approximate surface area is 91.8 Å². The second-order valence-corrected chi connectivity index (χ2v) is 4.29. The van der Waals surface area contributed by atoms with Crippen molar-refractivity contribution < 1.29 is 0 Å². The van der Waals surface area contributed by atoms with Gasteiger partial charge in [-0.1, -0.05) is 30.3 Å². The molecular formula is C9H12INS. The normalized spacial score (nSPS) is 10.1. The van der Waals surface area contributed by atoms with Crippen LogP contribution in [-0.4, -0.2) is 12.3 Å². The molecule has 0 aromatic heterocycles. The Balaban J connectivity index is 2.16. The fraction of sp³-hybridized carbons (Fsp3) is 0.333. The number of nitrogens with one attached hydrogen (secondary N) is 1. The Hall–Kier alpha value is 0.260. The van der Waals surface area contributed by atoms with Crippen molar-refractivity contribution in [1.82, 2.24) is 3.53 Å². The van der Waals surface area contributed by atoms with Gasteiger partial charge in [-0.15, -0.1) is 0 Å². The topological polar surface area (TPSA) is 12.0 Å². The lowest BCUT2D eigenvalue weighted by Gasteiger charge is -1.99. The maximum atomic E-state index is 3.10. The highest BCUT2D eigenvalue weighted by Gasteiger charge is 1.90. The fourth-order valence-electron chi connectivity index (χ4n) is 0.875. The van der Waals surface area contributed by atoms with Crippen molar-refractivity contribution >= 4 is 34.6 Å². The molecule has 0 fully saturated rings. The summed E-state index contributed by atoms with van der Waals surface area (Å²) in [6.07, 6.45) is 0. The molecule has 1 nitrogen and oxygen atoms in total. The van der Waals surface area contributed by atoms with Gasteiger partial charge in [0.05, 0.1) is 0 Å². The highest BCUT2D eigenvalue weighted by molar-refractivity contribution is 14.1. The standard InChI is InChI=1S/C9H12INS/c10-11-6-7-12-8-9-4-2-1-3-5-9/h1-5,11H,6-8H2. The van der Waals surface area contributed by atoms with Crippen molar-refractivity contribution in [2.75, 3.05) is 12.3 Å². The van der Waals surface area contributed by atoms with E-state index in [2.05, 4.69) is 56.7 Å². The van der Waals surface area contributed by atoms with Gasteiger partial charge in [0.25, 0.3) is 0 Å². The van der Waals surface area contributed by atoms with Crippen LogP contribution in [0.3, 0.4) is 0 Å². The molecule has 0 atom stereocenters. The molecule has 0 spiro atoms. The van der Waals surface area contributed by atoms with Crippen molar-refractivity contribution in [2.24, 2.45) is 0 Å². The molecule has 0 radical (unpaired) electrons. The van der Waals surface area contributed by atoms with E-state index >= 15 is 0 Å². The highest BCUT2D eigenvalue weighted by atomic mass is 127. The molecule has 1 rings (SSSR count). The Morgan fingerprint density at radius 2 is 2.00 bits per heavy atom. The molecule has 0 bridgehead atoms. The van der Waals surface area contributed by atoms with Crippen LogP contribution in [0.15, 0.2) is 30.3 Å². The summed E-state index contributed by atoms with van der Waals surface area (Å²) in [5, 5.41) is 0. The Bertz CT molecular complexity index is 203. The summed E-state index contributed by atoms with van der Waals surface area (Å²) >= 11 is 4.14. The van der Waals surface area contributed by atoms with E-state index in [1.54, 1.807) is 0 Å². The van der Waals surface area contributed by atoms with E-state index in [-0.39, 0.29) is 0 Å². The minimum atomic E-state index is 1.08. The highest BCUT2D eigenvalue weighted by Crippen LogP contribution is 2.10. The predicted molar refractivity (Wildman–Crippen MR) is 64.6 cm³/mol. The molecule has 1 aromatic carbocycles. The average Bonchev–Trinajstić information content (AvgIpc) is 2.14. The SMILES string of the molecule is INCCSCc1ccccc1. The molecule has 1 N–H and O–H groups in total. The number of thioether (sulfide) groups is 1. The molecule has 0 aliphatic heterocycles. The van der Waals surface area contributed by atoms with Gasteiger partial charge in [0.15, 0.2) is 0 Å². The molecule has 0 aliphatic rings. The van der Waals surface area contributed by atoms with Gasteiger partial charge in [-0.3, -0.25) is 3.53 Å². The van der Waals surface area contributed by atoms with Crippen molar-refractivity contribution in [3.05, 3.63) is 35.9 Å². The van der Waals surface area contributed by atoms with Crippen LogP contribution in [0.25, 0.3) is 0 Å². The Morgan fingerprint density at radius 1 is 1.25 bits per heavy atom. The zero-order valence-electron chi connectivity index (χ0n) is 6.79. The maximum absolute atomic E-state index is 3.10. The van der Waals surface area contributed by atoms with Crippen LogP contribution in [0.5, 0.6) is 0 Å². The largest absolute Gasteiger partial charge is 0.260 e. The first-order valence-electron chi connectivity index (χ1n) is 3.88. The molecule has 3 heteroatoms. The van der Waals surface area contributed by atoms with Crippen molar-refractivity contribution in [3.8, 4) is 0 Å². The summed E-state index contributed by atoms with van der Waals surface area (Å²) in [7, 11) is 0. The number of hydrogen-bond donors (Lipinski definition) is 1. The smallest absolute Gasteiger partial charge is 0.0185 e. The van der Waals surface area contributed by atoms with E-state index in [4.69, 9.17) is 0 Å². The minimum Gasteiger partial charge on any atom is -0.260 e. The quantitative estimate of drug-likeness (QED) is 0.509. The molecule has 0 amide bonds. The van der Waals surface area contributed by atoms with Gasteiger partial charge in [0.1, 0.15) is 0 Å². The van der Waals surface area contributed by atoms with Crippen molar-refractivity contribution in [3.63, 3.8) is 0 Å². The van der Waals surface area contributed by atoms with Gasteiger partial charge < -0.3 is 0 Å². The average molecular weight is 293 g/mol. The van der Waals surface area contributed by atoms with Crippen LogP contribution in [0.1, 0.15) is 5.56 Å². The zero-order valence-corrected chi connectivity index (χ0v) is 9.77. The number of hydrogen-bond acceptors (Lipinski definition) is 2. The summed E-state index contributed by atoms with van der Waals surface area (Å²) in [6, 6.07) is 10.6. The van der Waals surface area contributed by atoms with Gasteiger partial charge in [-0.2, -0.15) is 11.8 Å². The maximum Gasteiger partial charge on any atom is 0.0185 e. The lowest BCUT2D eigenvalue weighted by molar-refractivity contribution is 1.09. The van der Waals surface area contributed by atoms with Crippen LogP contribution in [0.4, 0.5) is 0 Å². The molecule has 66 valence electrons. The third-order valence-electron chi connectivity index (χ3n) is 1.45. The van der Waals surface area contributed by atoms with Crippen molar-refractivity contribution in [2.45, 2.75) is 5.75 Å². The molecule has 1 aromatic rings. The third kappa shape index (κ3) is 4.33. The van der Waals surface area contributed by atoms with Crippen molar-refractivity contribution in [1.29, 1.82) is 0 Å². The number of rotatable bonds is 5. The molecule has 0 heterocycles. The molecule has 12 heavy (non-hydrogen) atoms. The molecule has 0 saturated heterocycles. The van der Waals surface area contributed by atoms with Crippen LogP contribution >= 0.6 is 34.6 Å². The third-order valence-corrected chi connectivity index (χ3v) is 3.02. The van der Waals surface area contributed by atoms with E-state index in [0.717, 1.165) is 12.3 Å². The van der Waals surface area contributed by atoms with E-state index in [1.165, 1.54) is 11.3 Å². The van der Waals surface area contributed by atoms with Gasteiger partial charge in [0, 0.05) is 40.9 Å². The summed E-state index contributed by atoms with van der Waals surface area (Å²) in [5.41, 5.74) is 1.41. The Kier molecular flexibility index (Phi) is 5.81. The fourth-order valence-corrected chi connectivity index (χ4v) is 2.33. The summed E-state index contributed by atoms with van der Waals surface area (Å²) in [5.74, 6) is 2.30. The first-order valence-corrected chi connectivity index (χ1v) is 6.12. The van der Waals surface area contributed by atoms with E-state index in [9.17, 15) is 0 Å². The monoisotopic (exact) mass is 293 g/mol. The second-order valence-electron chi connectivity index (χ2n) is 2.42. The molecule has 0 aliphatic carbocycles. The summed E-state index contributed by atoms with van der Waals surface area (Å²) in [4.78, 5) is 0. The van der Waals surface area contributed by atoms with Gasteiger partial charge in [-0.05, 0) is 5.56 Å². The lowest BCUT2D eigenvalue weighted by atomic mass is 10.2. The van der Waals surface area contributed by atoms with Crippen LogP contribution in [0.2, 0.25) is 0 Å². The van der Waals surface area contributed by atoms with E-state index in [1.807, 2.05) is 11.8 Å². The number of benzene rings is 1. The molecular weight excluding hydrogens is 281 g/mol. The molecule has 0 unspecified atom stereocenters. The molecule has 0 saturated carbocycles. The summed E-state index contributed by atoms with van der Waals surface area (Å²) in [6.45, 7) is 1.08. The van der Waals surface area contributed by atoms with Gasteiger partial charge >= 0.3 is 0 Å². The van der Waals surface area contributed by atoms with E-state index in [0.29, 0.717) is 0 Å². The van der Waals surface area contributed by atoms with Crippen LogP contribution in [0, 0.1) is 0 Å². The zero-order chi connectivity index (χ0) is 8.65.